The number of benzene rings is 1. The first kappa shape index (κ1) is 12.7. The van der Waals surface area contributed by atoms with Crippen molar-refractivity contribution in [1.29, 1.82) is 0 Å². The van der Waals surface area contributed by atoms with Gasteiger partial charge in [-0.3, -0.25) is 4.79 Å². The summed E-state index contributed by atoms with van der Waals surface area (Å²) >= 11 is 3.47. The Morgan fingerprint density at radius 3 is 3.05 bits per heavy atom. The zero-order chi connectivity index (χ0) is 13.2. The van der Waals surface area contributed by atoms with Crippen LogP contribution in [0.2, 0.25) is 0 Å². The Morgan fingerprint density at radius 2 is 2.26 bits per heavy atom. The lowest BCUT2D eigenvalue weighted by atomic mass is 10.1. The van der Waals surface area contributed by atoms with Crippen molar-refractivity contribution in [3.8, 4) is 0 Å². The van der Waals surface area contributed by atoms with Crippen molar-refractivity contribution in [3.63, 3.8) is 0 Å². The number of carbonyl (C=O) groups is 1. The first-order valence-corrected chi connectivity index (χ1v) is 7.79. The molecule has 1 aliphatic rings. The van der Waals surface area contributed by atoms with Crippen LogP contribution >= 0.6 is 15.9 Å². The van der Waals surface area contributed by atoms with Gasteiger partial charge in [0, 0.05) is 36.6 Å². The Bertz CT molecular complexity index is 593. The van der Waals surface area contributed by atoms with Crippen LogP contribution in [0.5, 0.6) is 0 Å². The van der Waals surface area contributed by atoms with Gasteiger partial charge in [0.25, 0.3) is 0 Å². The second-order valence-corrected chi connectivity index (χ2v) is 5.82. The van der Waals surface area contributed by atoms with E-state index in [1.54, 1.807) is 0 Å². The highest BCUT2D eigenvalue weighted by Crippen LogP contribution is 2.21. The third-order valence-electron chi connectivity index (χ3n) is 3.84. The van der Waals surface area contributed by atoms with E-state index in [1.165, 1.54) is 16.5 Å². The minimum Gasteiger partial charge on any atom is -0.361 e. The molecule has 1 N–H and O–H groups in total. The summed E-state index contributed by atoms with van der Waals surface area (Å²) in [5.41, 5.74) is 2.49. The Hall–Kier alpha value is -1.29. The minimum absolute atomic E-state index is 0.295. The van der Waals surface area contributed by atoms with Crippen LogP contribution < -0.4 is 0 Å². The first-order valence-electron chi connectivity index (χ1n) is 6.66. The Labute approximate surface area is 121 Å². The van der Waals surface area contributed by atoms with Crippen LogP contribution in [0.15, 0.2) is 30.5 Å². The maximum absolute atomic E-state index is 11.9. The number of fused-ring (bicyclic) bond motifs is 1. The van der Waals surface area contributed by atoms with Gasteiger partial charge in [-0.15, -0.1) is 0 Å². The number of H-pyrrole nitrogens is 1. The Kier molecular flexibility index (Phi) is 3.60. The van der Waals surface area contributed by atoms with Gasteiger partial charge in [0.2, 0.25) is 5.91 Å². The number of hydrogen-bond acceptors (Lipinski definition) is 1. The number of para-hydroxylation sites is 1. The molecule has 0 spiro atoms. The fraction of sp³-hybridized carbons (Fsp3) is 0.400. The van der Waals surface area contributed by atoms with E-state index in [4.69, 9.17) is 0 Å². The van der Waals surface area contributed by atoms with E-state index in [9.17, 15) is 4.79 Å². The van der Waals surface area contributed by atoms with Gasteiger partial charge in [0.05, 0.1) is 0 Å². The molecule has 1 atom stereocenters. The fourth-order valence-electron chi connectivity index (χ4n) is 2.79. The highest BCUT2D eigenvalue weighted by atomic mass is 79.9. The molecule has 1 saturated heterocycles. The van der Waals surface area contributed by atoms with Gasteiger partial charge >= 0.3 is 0 Å². The van der Waals surface area contributed by atoms with E-state index < -0.39 is 0 Å². The molecule has 3 rings (SSSR count). The molecule has 2 aromatic rings. The number of nitrogens with zero attached hydrogens (tertiary/aromatic N) is 1. The summed E-state index contributed by atoms with van der Waals surface area (Å²) in [6.07, 6.45) is 3.58. The van der Waals surface area contributed by atoms with Crippen LogP contribution in [0.1, 0.15) is 12.0 Å². The lowest BCUT2D eigenvalue weighted by Gasteiger charge is -2.16. The van der Waals surface area contributed by atoms with Gasteiger partial charge in [-0.2, -0.15) is 0 Å². The largest absolute Gasteiger partial charge is 0.361 e. The van der Waals surface area contributed by atoms with Crippen molar-refractivity contribution >= 4 is 32.7 Å². The molecule has 2 heterocycles. The van der Waals surface area contributed by atoms with Gasteiger partial charge in [-0.25, -0.2) is 0 Å². The number of likely N-dealkylation sites (tertiary alicyclic amines) is 1. The van der Waals surface area contributed by atoms with E-state index in [-0.39, 0.29) is 0 Å². The number of hydrogen-bond donors (Lipinski definition) is 1. The van der Waals surface area contributed by atoms with Gasteiger partial charge in [-0.05, 0) is 29.4 Å². The second kappa shape index (κ2) is 5.37. The molecule has 1 fully saturated rings. The predicted molar refractivity (Wildman–Crippen MR) is 80.5 cm³/mol. The zero-order valence-electron chi connectivity index (χ0n) is 10.7. The summed E-state index contributed by atoms with van der Waals surface area (Å²) < 4.78 is 0. The highest BCUT2D eigenvalue weighted by Gasteiger charge is 2.28. The van der Waals surface area contributed by atoms with E-state index in [0.29, 0.717) is 18.2 Å². The number of alkyl halides is 1. The van der Waals surface area contributed by atoms with E-state index in [0.717, 1.165) is 24.8 Å². The van der Waals surface area contributed by atoms with Crippen molar-refractivity contribution < 1.29 is 4.79 Å². The molecule has 4 heteroatoms. The molecule has 100 valence electrons. The topological polar surface area (TPSA) is 36.1 Å². The van der Waals surface area contributed by atoms with E-state index >= 15 is 0 Å². The van der Waals surface area contributed by atoms with Gasteiger partial charge in [-0.1, -0.05) is 34.1 Å². The minimum atomic E-state index is 0.295. The molecule has 3 nitrogen and oxygen atoms in total. The second-order valence-electron chi connectivity index (χ2n) is 5.17. The van der Waals surface area contributed by atoms with Crippen LogP contribution in [0, 0.1) is 5.92 Å². The number of nitrogens with one attached hydrogen (secondary N) is 1. The summed E-state index contributed by atoms with van der Waals surface area (Å²) in [6, 6.07) is 8.41. The van der Waals surface area contributed by atoms with Crippen LogP contribution in [-0.4, -0.2) is 34.2 Å². The lowest BCUT2D eigenvalue weighted by molar-refractivity contribution is -0.127. The number of carbonyl (C=O) groups excluding carboxylic acids is 1. The first-order chi connectivity index (χ1) is 9.28. The molecule has 0 saturated carbocycles. The smallest absolute Gasteiger partial charge is 0.222 e. The number of aromatic amines is 1. The van der Waals surface area contributed by atoms with Crippen molar-refractivity contribution in [2.24, 2.45) is 5.92 Å². The number of halogens is 1. The molecule has 1 unspecified atom stereocenters. The number of aromatic nitrogens is 1. The Balaban J connectivity index is 1.69. The van der Waals surface area contributed by atoms with Crippen molar-refractivity contribution in [2.45, 2.75) is 12.8 Å². The van der Waals surface area contributed by atoms with Crippen LogP contribution in [0.4, 0.5) is 0 Å². The van der Waals surface area contributed by atoms with E-state index in [2.05, 4.69) is 45.2 Å². The average molecular weight is 321 g/mol. The maximum Gasteiger partial charge on any atom is 0.222 e. The average Bonchev–Trinajstić information content (AvgIpc) is 3.02. The monoisotopic (exact) mass is 320 g/mol. The van der Waals surface area contributed by atoms with Crippen molar-refractivity contribution in [2.75, 3.05) is 18.4 Å². The third-order valence-corrected chi connectivity index (χ3v) is 4.75. The molecule has 0 radical (unpaired) electrons. The summed E-state index contributed by atoms with van der Waals surface area (Å²) in [5, 5.41) is 2.16. The number of amides is 1. The van der Waals surface area contributed by atoms with Gasteiger partial charge < -0.3 is 9.88 Å². The SMILES string of the molecule is O=C1CC(CBr)CN1CCc1cccc2cc[nH]c12. The molecular weight excluding hydrogens is 304 g/mol. The summed E-state index contributed by atoms with van der Waals surface area (Å²) in [6.45, 7) is 1.71. The molecule has 0 bridgehead atoms. The van der Waals surface area contributed by atoms with Gasteiger partial charge in [0.1, 0.15) is 0 Å². The molecule has 19 heavy (non-hydrogen) atoms. The molecular formula is C15H17BrN2O. The molecule has 0 aliphatic carbocycles. The van der Waals surface area contributed by atoms with Crippen molar-refractivity contribution in [3.05, 3.63) is 36.0 Å². The van der Waals surface area contributed by atoms with Crippen molar-refractivity contribution in [1.82, 2.24) is 9.88 Å². The Morgan fingerprint density at radius 1 is 1.37 bits per heavy atom. The highest BCUT2D eigenvalue weighted by molar-refractivity contribution is 9.09. The molecule has 1 aliphatic heterocycles. The normalized spacial score (nSPS) is 19.5. The number of rotatable bonds is 4. The molecule has 1 aromatic heterocycles. The van der Waals surface area contributed by atoms with E-state index in [1.807, 2.05) is 11.1 Å². The predicted octanol–water partition coefficient (Wildman–Crippen LogP) is 2.95. The summed E-state index contributed by atoms with van der Waals surface area (Å²) in [7, 11) is 0. The van der Waals surface area contributed by atoms with Gasteiger partial charge in [0.15, 0.2) is 0 Å². The standard InChI is InChI=1S/C15H17BrN2O/c16-9-11-8-14(19)18(10-11)7-5-13-3-1-2-12-4-6-17-15(12)13/h1-4,6,11,17H,5,7-10H2. The lowest BCUT2D eigenvalue weighted by Crippen LogP contribution is -2.27. The zero-order valence-corrected chi connectivity index (χ0v) is 12.3. The third kappa shape index (κ3) is 2.54. The quantitative estimate of drug-likeness (QED) is 0.864. The molecule has 1 aromatic carbocycles. The fourth-order valence-corrected chi connectivity index (χ4v) is 3.22. The maximum atomic E-state index is 11.9. The summed E-state index contributed by atoms with van der Waals surface area (Å²) in [4.78, 5) is 17.2. The molecule has 1 amide bonds. The van der Waals surface area contributed by atoms with Crippen LogP contribution in [0.3, 0.4) is 0 Å². The van der Waals surface area contributed by atoms with Crippen LogP contribution in [-0.2, 0) is 11.2 Å². The summed E-state index contributed by atoms with van der Waals surface area (Å²) in [5.74, 6) is 0.775. The van der Waals surface area contributed by atoms with Crippen LogP contribution in [0.25, 0.3) is 10.9 Å².